The third-order valence-corrected chi connectivity index (χ3v) is 3.15. The first kappa shape index (κ1) is 13.7. The van der Waals surface area contributed by atoms with Gasteiger partial charge in [-0.2, -0.15) is 0 Å². The van der Waals surface area contributed by atoms with Crippen molar-refractivity contribution in [2.45, 2.75) is 24.2 Å². The lowest BCUT2D eigenvalue weighted by atomic mass is 10.1. The minimum absolute atomic E-state index is 0. The van der Waals surface area contributed by atoms with Gasteiger partial charge in [-0.1, -0.05) is 0 Å². The van der Waals surface area contributed by atoms with E-state index in [1.54, 1.807) is 12.1 Å². The molecule has 1 aliphatic heterocycles. The van der Waals surface area contributed by atoms with Gasteiger partial charge in [0.1, 0.15) is 0 Å². The minimum atomic E-state index is 0. The molecule has 0 aliphatic carbocycles. The highest BCUT2D eigenvalue weighted by Crippen LogP contribution is 2.21. The van der Waals surface area contributed by atoms with Gasteiger partial charge in [0.2, 0.25) is 0 Å². The lowest BCUT2D eigenvalue weighted by Crippen LogP contribution is -2.41. The maximum Gasteiger partial charge on any atom is 0.281 e. The van der Waals surface area contributed by atoms with E-state index in [0.29, 0.717) is 5.82 Å². The predicted molar refractivity (Wildman–Crippen MR) is 71.0 cm³/mol. The molecule has 0 spiro atoms. The van der Waals surface area contributed by atoms with Crippen LogP contribution in [0, 0.1) is 5.21 Å². The monoisotopic (exact) mass is 280 g/mol. The van der Waals surface area contributed by atoms with Crippen molar-refractivity contribution in [2.75, 3.05) is 18.0 Å². The van der Waals surface area contributed by atoms with Gasteiger partial charge in [0.25, 0.3) is 5.82 Å². The summed E-state index contributed by atoms with van der Waals surface area (Å²) < 4.78 is 0.770. The molecule has 0 unspecified atom stereocenters. The fraction of sp³-hybridized carbons (Fsp3) is 0.500. The number of nitrogens with zero attached hydrogens (tertiary/aromatic N) is 2. The summed E-state index contributed by atoms with van der Waals surface area (Å²) in [6.07, 6.45) is 3.51. The zero-order valence-electron chi connectivity index (χ0n) is 8.73. The van der Waals surface area contributed by atoms with Crippen LogP contribution in [-0.4, -0.2) is 13.1 Å². The number of piperidine rings is 1. The third kappa shape index (κ3) is 2.87. The molecule has 0 radical (unpaired) electrons. The lowest BCUT2D eigenvalue weighted by Gasteiger charge is -2.24. The fourth-order valence-electron chi connectivity index (χ4n) is 1.87. The summed E-state index contributed by atoms with van der Waals surface area (Å²) in [6.45, 7) is 1.85. The van der Waals surface area contributed by atoms with Gasteiger partial charge in [0, 0.05) is 17.0 Å². The van der Waals surface area contributed by atoms with Crippen LogP contribution < -0.4 is 9.63 Å². The number of pyridine rings is 1. The number of anilines is 1. The van der Waals surface area contributed by atoms with E-state index >= 15 is 0 Å². The fourth-order valence-corrected chi connectivity index (χ4v) is 2.38. The van der Waals surface area contributed by atoms with Gasteiger partial charge in [-0.15, -0.1) is 25.0 Å². The van der Waals surface area contributed by atoms with Crippen LogP contribution in [0.25, 0.3) is 0 Å². The summed E-state index contributed by atoms with van der Waals surface area (Å²) in [4.78, 5) is 2.80. The molecule has 1 fully saturated rings. The number of hydrogen-bond donors (Lipinski definition) is 1. The zero-order valence-corrected chi connectivity index (χ0v) is 11.2. The molecule has 1 saturated heterocycles. The second kappa shape index (κ2) is 5.84. The molecule has 0 bridgehead atoms. The van der Waals surface area contributed by atoms with Crippen molar-refractivity contribution in [2.24, 2.45) is 0 Å². The molecule has 0 amide bonds. The van der Waals surface area contributed by atoms with Gasteiger partial charge in [-0.25, -0.2) is 4.73 Å². The summed E-state index contributed by atoms with van der Waals surface area (Å²) in [6, 6.07) is 3.33. The Kier molecular flexibility index (Phi) is 5.02. The Morgan fingerprint density at radius 1 is 1.25 bits per heavy atom. The molecular formula is C10H14Cl2N2OS. The molecule has 2 heterocycles. The molecule has 0 atom stereocenters. The summed E-state index contributed by atoms with van der Waals surface area (Å²) >= 11 is 10.0. The van der Waals surface area contributed by atoms with Crippen molar-refractivity contribution in [3.8, 4) is 0 Å². The first-order chi connectivity index (χ1) is 7.18. The van der Waals surface area contributed by atoms with Crippen molar-refractivity contribution < 1.29 is 4.73 Å². The average Bonchev–Trinajstić information content (AvgIpc) is 2.24. The molecule has 1 aromatic rings. The number of thiol groups is 1. The highest BCUT2D eigenvalue weighted by atomic mass is 35.5. The highest BCUT2D eigenvalue weighted by Gasteiger charge is 2.21. The molecule has 1 aromatic heterocycles. The van der Waals surface area contributed by atoms with E-state index in [4.69, 9.17) is 11.6 Å². The number of aromatic nitrogens is 1. The van der Waals surface area contributed by atoms with Crippen LogP contribution in [0.15, 0.2) is 17.0 Å². The Morgan fingerprint density at radius 3 is 2.50 bits per heavy atom. The van der Waals surface area contributed by atoms with Crippen LogP contribution in [0.1, 0.15) is 19.3 Å². The third-order valence-electron chi connectivity index (χ3n) is 2.63. The molecule has 3 nitrogen and oxygen atoms in total. The van der Waals surface area contributed by atoms with Gasteiger partial charge in [-0.3, -0.25) is 4.90 Å². The van der Waals surface area contributed by atoms with E-state index in [9.17, 15) is 5.21 Å². The molecular weight excluding hydrogens is 267 g/mol. The Bertz CT molecular complexity index is 370. The second-order valence-corrected chi connectivity index (χ2v) is 4.64. The van der Waals surface area contributed by atoms with Crippen LogP contribution >= 0.6 is 36.6 Å². The normalized spacial score (nSPS) is 15.8. The molecule has 16 heavy (non-hydrogen) atoms. The van der Waals surface area contributed by atoms with Gasteiger partial charge < -0.3 is 5.21 Å². The summed E-state index contributed by atoms with van der Waals surface area (Å²) in [5.74, 6) is 0.618. The van der Waals surface area contributed by atoms with Crippen molar-refractivity contribution >= 4 is 42.5 Å². The number of halogens is 2. The second-order valence-electron chi connectivity index (χ2n) is 3.74. The SMILES string of the molecule is Cl.[O-][n+]1c(Cl)cc(S)cc1N1CCCCC1. The van der Waals surface area contributed by atoms with E-state index in [1.165, 1.54) is 6.42 Å². The quantitative estimate of drug-likeness (QED) is 0.371. The first-order valence-electron chi connectivity index (χ1n) is 5.05. The highest BCUT2D eigenvalue weighted by molar-refractivity contribution is 7.80. The zero-order chi connectivity index (χ0) is 10.8. The van der Waals surface area contributed by atoms with Crippen molar-refractivity contribution in [1.82, 2.24) is 0 Å². The minimum Gasteiger partial charge on any atom is -0.710 e. The maximum atomic E-state index is 11.7. The van der Waals surface area contributed by atoms with Crippen molar-refractivity contribution in [1.29, 1.82) is 0 Å². The summed E-state index contributed by atoms with van der Waals surface area (Å²) in [7, 11) is 0. The largest absolute Gasteiger partial charge is 0.710 e. The molecule has 0 aromatic carbocycles. The van der Waals surface area contributed by atoms with Gasteiger partial charge >= 0.3 is 0 Å². The van der Waals surface area contributed by atoms with Gasteiger partial charge in [0.15, 0.2) is 5.15 Å². The molecule has 90 valence electrons. The Hall–Kier alpha value is -0.320. The smallest absolute Gasteiger partial charge is 0.281 e. The Morgan fingerprint density at radius 2 is 1.88 bits per heavy atom. The molecule has 0 saturated carbocycles. The van der Waals surface area contributed by atoms with Crippen LogP contribution in [0.5, 0.6) is 0 Å². The Balaban J connectivity index is 0.00000128. The van der Waals surface area contributed by atoms with E-state index in [0.717, 1.165) is 35.6 Å². The van der Waals surface area contributed by atoms with Crippen LogP contribution in [0.3, 0.4) is 0 Å². The molecule has 6 heteroatoms. The van der Waals surface area contributed by atoms with Gasteiger partial charge in [0.05, 0.1) is 13.1 Å². The number of rotatable bonds is 1. The average molecular weight is 281 g/mol. The molecule has 1 aliphatic rings. The van der Waals surface area contributed by atoms with Crippen LogP contribution in [-0.2, 0) is 0 Å². The summed E-state index contributed by atoms with van der Waals surface area (Å²) in [5, 5.41) is 11.9. The van der Waals surface area contributed by atoms with E-state index in [-0.39, 0.29) is 17.6 Å². The van der Waals surface area contributed by atoms with E-state index < -0.39 is 0 Å². The topological polar surface area (TPSA) is 30.2 Å². The predicted octanol–water partition coefficient (Wildman–Crippen LogP) is 2.67. The van der Waals surface area contributed by atoms with Crippen LogP contribution in [0.4, 0.5) is 5.82 Å². The lowest BCUT2D eigenvalue weighted by molar-refractivity contribution is -0.590. The molecule has 2 rings (SSSR count). The molecule has 0 N–H and O–H groups in total. The first-order valence-corrected chi connectivity index (χ1v) is 5.88. The van der Waals surface area contributed by atoms with Crippen molar-refractivity contribution in [3.63, 3.8) is 0 Å². The maximum absolute atomic E-state index is 11.7. The van der Waals surface area contributed by atoms with Crippen LogP contribution in [0.2, 0.25) is 5.15 Å². The standard InChI is InChI=1S/C10H13ClN2OS.ClH/c11-9-6-8(15)7-10(13(9)14)12-4-2-1-3-5-12;/h6-7,15H,1-5H2;1H. The Labute approximate surface area is 112 Å². The van der Waals surface area contributed by atoms with Crippen molar-refractivity contribution in [3.05, 3.63) is 22.5 Å². The summed E-state index contributed by atoms with van der Waals surface area (Å²) in [5.41, 5.74) is 0. The van der Waals surface area contributed by atoms with E-state index in [2.05, 4.69) is 17.5 Å². The van der Waals surface area contributed by atoms with Gasteiger partial charge in [-0.05, 0) is 30.9 Å². The van der Waals surface area contributed by atoms with E-state index in [1.807, 2.05) is 0 Å². The number of hydrogen-bond acceptors (Lipinski definition) is 3.